The number of nitrogens with zero attached hydrogens (tertiary/aromatic N) is 2. The van der Waals surface area contributed by atoms with E-state index >= 15 is 0 Å². The molecular formula is C10H8N2O5S. The van der Waals surface area contributed by atoms with Gasteiger partial charge in [-0.3, -0.25) is 9.36 Å². The summed E-state index contributed by atoms with van der Waals surface area (Å²) in [5.74, 6) is -1.24. The van der Waals surface area contributed by atoms with E-state index in [0.29, 0.717) is 5.56 Å². The van der Waals surface area contributed by atoms with E-state index in [1.54, 1.807) is 16.8 Å². The molecule has 2 heterocycles. The van der Waals surface area contributed by atoms with E-state index in [1.807, 2.05) is 0 Å². The maximum atomic E-state index is 11.7. The molecule has 0 aliphatic heterocycles. The number of ether oxygens (including phenoxy) is 1. The molecule has 0 amide bonds. The fourth-order valence-corrected chi connectivity index (χ4v) is 2.01. The van der Waals surface area contributed by atoms with Gasteiger partial charge in [0.15, 0.2) is 0 Å². The topological polar surface area (TPSA) is 102 Å². The van der Waals surface area contributed by atoms with E-state index in [4.69, 9.17) is 5.11 Å². The van der Waals surface area contributed by atoms with Crippen LogP contribution in [0.1, 0.15) is 0 Å². The number of aromatic nitrogens is 2. The van der Waals surface area contributed by atoms with Crippen molar-refractivity contribution in [3.05, 3.63) is 27.2 Å². The smallest absolute Gasteiger partial charge is 0.499 e. The molecule has 18 heavy (non-hydrogen) atoms. The second kappa shape index (κ2) is 4.49. The second-order valence-corrected chi connectivity index (χ2v) is 4.11. The van der Waals surface area contributed by atoms with Crippen molar-refractivity contribution in [3.63, 3.8) is 0 Å². The summed E-state index contributed by atoms with van der Waals surface area (Å²) in [6, 6.07) is 1.72. The van der Waals surface area contributed by atoms with Gasteiger partial charge in [0.1, 0.15) is 5.82 Å². The number of rotatable bonds is 2. The summed E-state index contributed by atoms with van der Waals surface area (Å²) in [4.78, 5) is 26.0. The lowest BCUT2D eigenvalue weighted by atomic mass is 10.3. The van der Waals surface area contributed by atoms with Gasteiger partial charge in [-0.2, -0.15) is 16.3 Å². The van der Waals surface area contributed by atoms with Gasteiger partial charge in [-0.1, -0.05) is 0 Å². The van der Waals surface area contributed by atoms with E-state index in [9.17, 15) is 14.7 Å². The van der Waals surface area contributed by atoms with Crippen molar-refractivity contribution < 1.29 is 19.7 Å². The molecule has 2 aromatic heterocycles. The molecule has 0 radical (unpaired) electrons. The zero-order valence-electron chi connectivity index (χ0n) is 9.15. The van der Waals surface area contributed by atoms with Gasteiger partial charge < -0.3 is 14.9 Å². The zero-order chi connectivity index (χ0) is 13.3. The van der Waals surface area contributed by atoms with Gasteiger partial charge in [-0.05, 0) is 11.4 Å². The molecule has 94 valence electrons. The average molecular weight is 268 g/mol. The quantitative estimate of drug-likeness (QED) is 0.795. The lowest BCUT2D eigenvalue weighted by molar-refractivity contribution is 0.140. The third-order valence-corrected chi connectivity index (χ3v) is 2.88. The lowest BCUT2D eigenvalue weighted by Gasteiger charge is -2.08. The largest absolute Gasteiger partial charge is 0.512 e. The molecule has 2 N–H and O–H groups in total. The fraction of sp³-hybridized carbons (Fsp3) is 0.100. The Kier molecular flexibility index (Phi) is 3.02. The molecule has 0 aromatic carbocycles. The molecule has 0 unspecified atom stereocenters. The van der Waals surface area contributed by atoms with Crippen molar-refractivity contribution in [3.8, 4) is 23.0 Å². The van der Waals surface area contributed by atoms with Gasteiger partial charge in [0.05, 0.1) is 0 Å². The van der Waals surface area contributed by atoms with Crippen LogP contribution in [0.3, 0.4) is 0 Å². The summed E-state index contributed by atoms with van der Waals surface area (Å²) in [7, 11) is 1.42. The van der Waals surface area contributed by atoms with Crippen LogP contribution >= 0.6 is 11.3 Å². The minimum atomic E-state index is -1.65. The van der Waals surface area contributed by atoms with Gasteiger partial charge in [0.25, 0.3) is 11.4 Å². The second-order valence-electron chi connectivity index (χ2n) is 3.33. The van der Waals surface area contributed by atoms with Gasteiger partial charge in [-0.15, -0.1) is 0 Å². The maximum absolute atomic E-state index is 11.7. The molecule has 2 rings (SSSR count). The molecule has 0 spiro atoms. The molecule has 7 nitrogen and oxygen atoms in total. The molecule has 0 bridgehead atoms. The monoisotopic (exact) mass is 268 g/mol. The Morgan fingerprint density at radius 1 is 1.56 bits per heavy atom. The molecule has 0 aliphatic carbocycles. The summed E-state index contributed by atoms with van der Waals surface area (Å²) in [5, 5.41) is 21.5. The van der Waals surface area contributed by atoms with Gasteiger partial charge in [0.2, 0.25) is 5.75 Å². The first kappa shape index (κ1) is 12.1. The number of carboxylic acid groups (broad SMARTS) is 1. The van der Waals surface area contributed by atoms with Crippen LogP contribution in [0.2, 0.25) is 0 Å². The molecule has 8 heteroatoms. The Labute approximate surface area is 105 Å². The first-order valence-electron chi connectivity index (χ1n) is 4.74. The normalized spacial score (nSPS) is 10.3. The minimum absolute atomic E-state index is 0.218. The number of aromatic hydroxyl groups is 1. The van der Waals surface area contributed by atoms with Gasteiger partial charge in [0, 0.05) is 18.0 Å². The average Bonchev–Trinajstić information content (AvgIpc) is 2.83. The van der Waals surface area contributed by atoms with Crippen LogP contribution in [-0.2, 0) is 7.05 Å². The van der Waals surface area contributed by atoms with Crippen LogP contribution in [-0.4, -0.2) is 25.9 Å². The molecule has 0 atom stereocenters. The van der Waals surface area contributed by atoms with Crippen LogP contribution in [0.5, 0.6) is 11.6 Å². The Hall–Kier alpha value is -2.35. The summed E-state index contributed by atoms with van der Waals surface area (Å²) in [6.45, 7) is 0. The number of thiophene rings is 1. The molecule has 0 fully saturated rings. The van der Waals surface area contributed by atoms with E-state index in [0.717, 1.165) is 4.57 Å². The summed E-state index contributed by atoms with van der Waals surface area (Å²) in [5.41, 5.74) is -0.141. The van der Waals surface area contributed by atoms with Gasteiger partial charge >= 0.3 is 6.16 Å². The number of carbonyl (C=O) groups is 1. The van der Waals surface area contributed by atoms with Crippen LogP contribution in [0.15, 0.2) is 21.6 Å². The Morgan fingerprint density at radius 2 is 2.28 bits per heavy atom. The van der Waals surface area contributed by atoms with Crippen molar-refractivity contribution >= 4 is 17.5 Å². The predicted octanol–water partition coefficient (Wildman–Crippen LogP) is 1.27. The molecule has 0 saturated carbocycles. The highest BCUT2D eigenvalue weighted by atomic mass is 32.1. The SMILES string of the molecule is Cn1c(-c2ccsc2)nc(OC(=O)O)c(O)c1=O. The van der Waals surface area contributed by atoms with E-state index in [1.165, 1.54) is 18.4 Å². The molecule has 0 saturated heterocycles. The molecule has 2 aromatic rings. The maximum Gasteiger partial charge on any atom is 0.512 e. The van der Waals surface area contributed by atoms with Crippen molar-refractivity contribution in [2.75, 3.05) is 0 Å². The van der Waals surface area contributed by atoms with Crippen molar-refractivity contribution in [1.82, 2.24) is 9.55 Å². The van der Waals surface area contributed by atoms with Crippen molar-refractivity contribution in [2.45, 2.75) is 0 Å². The van der Waals surface area contributed by atoms with E-state index < -0.39 is 23.3 Å². The van der Waals surface area contributed by atoms with Gasteiger partial charge in [-0.25, -0.2) is 4.79 Å². The van der Waals surface area contributed by atoms with Crippen LogP contribution in [0, 0.1) is 0 Å². The molecular weight excluding hydrogens is 260 g/mol. The summed E-state index contributed by atoms with van der Waals surface area (Å²) < 4.78 is 5.38. The first-order valence-corrected chi connectivity index (χ1v) is 5.68. The highest BCUT2D eigenvalue weighted by Gasteiger charge is 2.18. The van der Waals surface area contributed by atoms with E-state index in [2.05, 4.69) is 9.72 Å². The molecule has 0 aliphatic rings. The Morgan fingerprint density at radius 3 is 2.83 bits per heavy atom. The highest BCUT2D eigenvalue weighted by Crippen LogP contribution is 2.25. The summed E-state index contributed by atoms with van der Waals surface area (Å²) in [6.07, 6.45) is -1.65. The van der Waals surface area contributed by atoms with Crippen molar-refractivity contribution in [1.29, 1.82) is 0 Å². The first-order chi connectivity index (χ1) is 8.50. The Bertz CT molecular complexity index is 647. The summed E-state index contributed by atoms with van der Waals surface area (Å²) >= 11 is 1.40. The minimum Gasteiger partial charge on any atom is -0.499 e. The zero-order valence-corrected chi connectivity index (χ0v) is 9.97. The third-order valence-electron chi connectivity index (χ3n) is 2.20. The van der Waals surface area contributed by atoms with Crippen LogP contribution < -0.4 is 10.3 Å². The van der Waals surface area contributed by atoms with Crippen LogP contribution in [0.25, 0.3) is 11.4 Å². The highest BCUT2D eigenvalue weighted by molar-refractivity contribution is 7.08. The fourth-order valence-electron chi connectivity index (χ4n) is 1.37. The van der Waals surface area contributed by atoms with Crippen LogP contribution in [0.4, 0.5) is 4.79 Å². The van der Waals surface area contributed by atoms with E-state index in [-0.39, 0.29) is 5.82 Å². The van der Waals surface area contributed by atoms with Crippen molar-refractivity contribution in [2.24, 2.45) is 7.05 Å². The third kappa shape index (κ3) is 2.05. The predicted molar refractivity (Wildman–Crippen MR) is 63.1 cm³/mol. The lowest BCUT2D eigenvalue weighted by Crippen LogP contribution is -2.21. The number of hydrogen-bond acceptors (Lipinski definition) is 6. The Balaban J connectivity index is 2.65. The standard InChI is InChI=1S/C10H8N2O5S/c1-12-7(5-2-3-18-4-5)11-8(17-10(15)16)6(13)9(12)14/h2-4,13H,1H3,(H,15,16). The number of hydrogen-bond donors (Lipinski definition) is 2.